The molecule has 2 aromatic heterocycles. The highest BCUT2D eigenvalue weighted by Crippen LogP contribution is 2.34. The largest absolute Gasteiger partial charge is 0.493 e. The molecule has 1 atom stereocenters. The molecule has 2 N–H and O–H groups in total. The third kappa shape index (κ3) is 6.01. The van der Waals surface area contributed by atoms with Crippen molar-refractivity contribution in [2.45, 2.75) is 57.8 Å². The van der Waals surface area contributed by atoms with Gasteiger partial charge in [0.05, 0.1) is 27.5 Å². The van der Waals surface area contributed by atoms with Crippen molar-refractivity contribution in [3.63, 3.8) is 0 Å². The Morgan fingerprint density at radius 1 is 1.21 bits per heavy atom. The zero-order chi connectivity index (χ0) is 28.2. The van der Waals surface area contributed by atoms with Crippen LogP contribution in [-0.2, 0) is 28.3 Å². The molecular weight excluding hydrogens is 522 g/mol. The number of rotatable bonds is 12. The summed E-state index contributed by atoms with van der Waals surface area (Å²) >= 11 is 0. The summed E-state index contributed by atoms with van der Waals surface area (Å²) in [7, 11) is -1.98. The van der Waals surface area contributed by atoms with Gasteiger partial charge in [0.1, 0.15) is 17.1 Å². The van der Waals surface area contributed by atoms with Gasteiger partial charge in [0.25, 0.3) is 5.56 Å². The van der Waals surface area contributed by atoms with Crippen LogP contribution in [0.2, 0.25) is 0 Å². The number of benzene rings is 1. The molecule has 0 saturated carbocycles. The molecule has 11 nitrogen and oxygen atoms in total. The molecule has 1 aromatic carbocycles. The second-order valence-electron chi connectivity index (χ2n) is 10.2. The molecule has 0 unspecified atom stereocenters. The van der Waals surface area contributed by atoms with Crippen molar-refractivity contribution in [1.82, 2.24) is 18.8 Å². The van der Waals surface area contributed by atoms with E-state index >= 15 is 0 Å². The molecule has 1 aliphatic rings. The molecule has 3 heterocycles. The first kappa shape index (κ1) is 28.8. The Balaban J connectivity index is 1.70. The first-order chi connectivity index (χ1) is 18.7. The van der Waals surface area contributed by atoms with Crippen LogP contribution in [0.15, 0.2) is 34.1 Å². The fourth-order valence-electron chi connectivity index (χ4n) is 5.29. The Hall–Kier alpha value is -3.25. The van der Waals surface area contributed by atoms with E-state index in [1.54, 1.807) is 22.8 Å². The van der Waals surface area contributed by atoms with E-state index < -0.39 is 10.0 Å². The summed E-state index contributed by atoms with van der Waals surface area (Å²) < 4.78 is 36.6. The van der Waals surface area contributed by atoms with Crippen molar-refractivity contribution in [1.29, 1.82) is 0 Å². The minimum atomic E-state index is -3.80. The van der Waals surface area contributed by atoms with Crippen molar-refractivity contribution in [3.8, 4) is 17.1 Å². The maximum absolute atomic E-state index is 13.7. The SMILES string of the molecule is CCCOc1ccc(S(=O)(=O)N2CCC([C@H](C)CO[NH+]=O)CC2)cc1-c1nc2c(CCC)cn(C)c2c(=O)[nH]1. The predicted molar refractivity (Wildman–Crippen MR) is 147 cm³/mol. The van der Waals surface area contributed by atoms with E-state index in [2.05, 4.69) is 11.9 Å². The lowest BCUT2D eigenvalue weighted by molar-refractivity contribution is -0.771. The van der Waals surface area contributed by atoms with Crippen molar-refractivity contribution in [2.24, 2.45) is 18.9 Å². The van der Waals surface area contributed by atoms with E-state index in [1.165, 1.54) is 9.65 Å². The number of fused-ring (bicyclic) bond motifs is 1. The first-order valence-electron chi connectivity index (χ1n) is 13.6. The zero-order valence-electron chi connectivity index (χ0n) is 23.0. The van der Waals surface area contributed by atoms with Crippen molar-refractivity contribution in [2.75, 3.05) is 26.3 Å². The van der Waals surface area contributed by atoms with Gasteiger partial charge in [-0.25, -0.2) is 18.2 Å². The van der Waals surface area contributed by atoms with E-state index in [-0.39, 0.29) is 34.7 Å². The molecule has 0 amide bonds. The second kappa shape index (κ2) is 12.3. The van der Waals surface area contributed by atoms with Crippen molar-refractivity contribution in [3.05, 3.63) is 45.2 Å². The normalized spacial score (nSPS) is 15.9. The monoisotopic (exact) mass is 560 g/mol. The molecule has 0 radical (unpaired) electrons. The van der Waals surface area contributed by atoms with E-state index in [9.17, 15) is 18.1 Å². The number of H-pyrrole nitrogens is 1. The van der Waals surface area contributed by atoms with E-state index in [0.29, 0.717) is 54.9 Å². The lowest BCUT2D eigenvalue weighted by Gasteiger charge is -2.33. The number of hydrogen-bond acceptors (Lipinski definition) is 7. The molecule has 3 aromatic rings. The molecule has 0 aliphatic carbocycles. The highest BCUT2D eigenvalue weighted by Gasteiger charge is 2.32. The predicted octanol–water partition coefficient (Wildman–Crippen LogP) is 2.49. The number of aryl methyl sites for hydroxylation is 2. The van der Waals surface area contributed by atoms with Gasteiger partial charge in [0.15, 0.2) is 6.61 Å². The van der Waals surface area contributed by atoms with Gasteiger partial charge in [0.2, 0.25) is 15.4 Å². The summed E-state index contributed by atoms with van der Waals surface area (Å²) in [6.45, 7) is 7.51. The third-order valence-corrected chi connectivity index (χ3v) is 9.33. The minimum absolute atomic E-state index is 0.122. The number of piperidine rings is 1. The number of ether oxygens (including phenoxy) is 1. The van der Waals surface area contributed by atoms with Gasteiger partial charge in [-0.05, 0) is 55.4 Å². The smallest absolute Gasteiger partial charge is 0.275 e. The molecule has 1 aliphatic heterocycles. The summed E-state index contributed by atoms with van der Waals surface area (Å²) in [5.74, 6) is 1.13. The van der Waals surface area contributed by atoms with Gasteiger partial charge >= 0.3 is 0 Å². The standard InChI is InChI=1S/C27H37N5O6S/c1-5-7-20-16-31(4)25-24(20)28-26(29-27(25)33)22-15-21(8-9-23(22)37-14-6-2)39(35,36)32-12-10-19(11-13-32)18(3)17-38-30-34/h8-9,15-16,18-19,30H,5-7,10-14,17H2,1-4H3/p+1/t18-/m1/s1. The maximum Gasteiger partial charge on any atom is 0.275 e. The summed E-state index contributed by atoms with van der Waals surface area (Å²) in [6.07, 6.45) is 5.71. The Bertz CT molecular complexity index is 1470. The Morgan fingerprint density at radius 2 is 1.95 bits per heavy atom. The lowest BCUT2D eigenvalue weighted by Crippen LogP contribution is -2.63. The third-order valence-electron chi connectivity index (χ3n) is 7.43. The summed E-state index contributed by atoms with van der Waals surface area (Å²) in [5.41, 5.74) is 2.20. The summed E-state index contributed by atoms with van der Waals surface area (Å²) in [4.78, 5) is 36.1. The molecular formula is C27H38N5O6S+. The van der Waals surface area contributed by atoms with Crippen LogP contribution in [0.1, 0.15) is 52.0 Å². The Morgan fingerprint density at radius 3 is 2.62 bits per heavy atom. The van der Waals surface area contributed by atoms with Crippen LogP contribution >= 0.6 is 0 Å². The first-order valence-corrected chi connectivity index (χ1v) is 15.0. The molecule has 39 heavy (non-hydrogen) atoms. The molecule has 1 fully saturated rings. The highest BCUT2D eigenvalue weighted by molar-refractivity contribution is 7.89. The Labute approximate surface area is 228 Å². The summed E-state index contributed by atoms with van der Waals surface area (Å²) in [5, 5.41) is 1.46. The average Bonchev–Trinajstić information content (AvgIpc) is 3.25. The molecule has 12 heteroatoms. The fraction of sp³-hybridized carbons (Fsp3) is 0.556. The molecule has 4 rings (SSSR count). The van der Waals surface area contributed by atoms with Crippen LogP contribution in [0.25, 0.3) is 22.4 Å². The van der Waals surface area contributed by atoms with Gasteiger partial charge in [-0.1, -0.05) is 27.2 Å². The van der Waals surface area contributed by atoms with Gasteiger partial charge < -0.3 is 14.3 Å². The van der Waals surface area contributed by atoms with Crippen LogP contribution < -0.4 is 15.6 Å². The minimum Gasteiger partial charge on any atom is -0.493 e. The zero-order valence-corrected chi connectivity index (χ0v) is 23.8. The van der Waals surface area contributed by atoms with Crippen molar-refractivity contribution < 1.29 is 23.3 Å². The number of nitrogens with zero attached hydrogens (tertiary/aromatic N) is 3. The van der Waals surface area contributed by atoms with E-state index in [4.69, 9.17) is 14.6 Å². The summed E-state index contributed by atoms with van der Waals surface area (Å²) in [6, 6.07) is 4.74. The lowest BCUT2D eigenvalue weighted by atomic mass is 9.87. The average molecular weight is 561 g/mol. The van der Waals surface area contributed by atoms with E-state index in [1.807, 2.05) is 27.1 Å². The molecule has 0 spiro atoms. The van der Waals surface area contributed by atoms with Crippen LogP contribution in [0.5, 0.6) is 5.75 Å². The number of nitrogens with one attached hydrogen (secondary N) is 2. The molecule has 212 valence electrons. The number of hydrogen-bond donors (Lipinski definition) is 2. The fourth-order valence-corrected chi connectivity index (χ4v) is 6.78. The molecule has 0 bridgehead atoms. The highest BCUT2D eigenvalue weighted by atomic mass is 32.2. The topological polar surface area (TPSA) is 138 Å². The van der Waals surface area contributed by atoms with Gasteiger partial charge in [-0.3, -0.25) is 4.79 Å². The van der Waals surface area contributed by atoms with Crippen LogP contribution in [0.3, 0.4) is 0 Å². The Kier molecular flexibility index (Phi) is 9.06. The van der Waals surface area contributed by atoms with Crippen LogP contribution in [0, 0.1) is 16.7 Å². The van der Waals surface area contributed by atoms with Crippen LogP contribution in [0.4, 0.5) is 0 Å². The van der Waals surface area contributed by atoms with Crippen LogP contribution in [-0.4, -0.2) is 53.6 Å². The number of aromatic nitrogens is 3. The van der Waals surface area contributed by atoms with Gasteiger partial charge in [-0.15, -0.1) is 0 Å². The number of aromatic amines is 1. The molecule has 1 saturated heterocycles. The van der Waals surface area contributed by atoms with Gasteiger partial charge in [0, 0.05) is 32.3 Å². The van der Waals surface area contributed by atoms with E-state index in [0.717, 1.165) is 24.8 Å². The second-order valence-corrected chi connectivity index (χ2v) is 12.2. The number of sulfonamides is 1. The van der Waals surface area contributed by atoms with Crippen molar-refractivity contribution >= 4 is 21.1 Å². The quantitative estimate of drug-likeness (QED) is 0.325. The van der Waals surface area contributed by atoms with Gasteiger partial charge in [-0.2, -0.15) is 4.31 Å². The maximum atomic E-state index is 13.7.